The number of likely N-dealkylation sites (N-methyl/N-ethyl adjacent to an activating group) is 1. The first-order valence-electron chi connectivity index (χ1n) is 7.00. The lowest BCUT2D eigenvalue weighted by Crippen LogP contribution is -2.38. The highest BCUT2D eigenvalue weighted by molar-refractivity contribution is 5.68. The third-order valence-electron chi connectivity index (χ3n) is 4.05. The highest BCUT2D eigenvalue weighted by Gasteiger charge is 2.28. The summed E-state index contributed by atoms with van der Waals surface area (Å²) in [4.78, 5) is 2.25. The van der Waals surface area contributed by atoms with Crippen molar-refractivity contribution in [2.45, 2.75) is 32.1 Å². The molecule has 0 fully saturated rings. The van der Waals surface area contributed by atoms with E-state index in [-0.39, 0.29) is 6.10 Å². The number of hydrogen-bond donors (Lipinski definition) is 1. The smallest absolute Gasteiger partial charge is 0.169 e. The first kappa shape index (κ1) is 13.5. The molecule has 0 aliphatic carbocycles. The van der Waals surface area contributed by atoms with Crippen LogP contribution in [0.1, 0.15) is 23.1 Å². The SMILES string of the molecule is COc1cc(C)c2c3c1OC(CC(O)C=C3)CN(C)C2. The predicted molar refractivity (Wildman–Crippen MR) is 78.1 cm³/mol. The van der Waals surface area contributed by atoms with Crippen LogP contribution in [-0.2, 0) is 6.54 Å². The maximum absolute atomic E-state index is 10.0. The molecule has 2 aliphatic heterocycles. The summed E-state index contributed by atoms with van der Waals surface area (Å²) < 4.78 is 11.6. The summed E-state index contributed by atoms with van der Waals surface area (Å²) in [5, 5.41) is 10.0. The van der Waals surface area contributed by atoms with Gasteiger partial charge < -0.3 is 14.6 Å². The first-order valence-corrected chi connectivity index (χ1v) is 7.00. The topological polar surface area (TPSA) is 41.9 Å². The fraction of sp³-hybridized carbons (Fsp3) is 0.500. The lowest BCUT2D eigenvalue weighted by atomic mass is 9.95. The van der Waals surface area contributed by atoms with Gasteiger partial charge in [0.1, 0.15) is 6.10 Å². The number of rotatable bonds is 1. The third-order valence-corrected chi connectivity index (χ3v) is 4.05. The van der Waals surface area contributed by atoms with E-state index in [0.29, 0.717) is 6.42 Å². The zero-order valence-electron chi connectivity index (χ0n) is 12.2. The van der Waals surface area contributed by atoms with Gasteiger partial charge in [-0.15, -0.1) is 0 Å². The lowest BCUT2D eigenvalue weighted by Gasteiger charge is -2.33. The molecule has 1 aromatic carbocycles. The Morgan fingerprint density at radius 2 is 2.25 bits per heavy atom. The van der Waals surface area contributed by atoms with Crippen LogP contribution in [0.15, 0.2) is 12.1 Å². The van der Waals surface area contributed by atoms with Crippen molar-refractivity contribution in [2.75, 3.05) is 20.7 Å². The molecule has 4 nitrogen and oxygen atoms in total. The van der Waals surface area contributed by atoms with Crippen LogP contribution in [0.2, 0.25) is 0 Å². The van der Waals surface area contributed by atoms with E-state index >= 15 is 0 Å². The third kappa shape index (κ3) is 2.30. The van der Waals surface area contributed by atoms with Gasteiger partial charge in [0.25, 0.3) is 0 Å². The van der Waals surface area contributed by atoms with E-state index in [1.807, 2.05) is 18.2 Å². The number of fused-ring (bicyclic) bond motifs is 1. The Morgan fingerprint density at radius 3 is 3.00 bits per heavy atom. The van der Waals surface area contributed by atoms with Crippen LogP contribution in [0, 0.1) is 6.92 Å². The molecule has 0 radical (unpaired) electrons. The van der Waals surface area contributed by atoms with E-state index in [1.54, 1.807) is 7.11 Å². The molecule has 1 aromatic rings. The van der Waals surface area contributed by atoms with Crippen LogP contribution < -0.4 is 9.47 Å². The summed E-state index contributed by atoms with van der Waals surface area (Å²) in [6.45, 7) is 3.78. The molecule has 2 aliphatic rings. The van der Waals surface area contributed by atoms with Crippen LogP contribution >= 0.6 is 0 Å². The first-order chi connectivity index (χ1) is 9.58. The van der Waals surface area contributed by atoms with Crippen LogP contribution in [0.25, 0.3) is 6.08 Å². The van der Waals surface area contributed by atoms with Crippen molar-refractivity contribution in [3.8, 4) is 11.5 Å². The number of aliphatic hydroxyl groups excluding tert-OH is 1. The van der Waals surface area contributed by atoms with E-state index < -0.39 is 6.10 Å². The molecule has 1 N–H and O–H groups in total. The molecular formula is C16H21NO3. The zero-order chi connectivity index (χ0) is 14.3. The van der Waals surface area contributed by atoms with Gasteiger partial charge in [-0.2, -0.15) is 0 Å². The molecule has 2 atom stereocenters. The Labute approximate surface area is 119 Å². The molecule has 4 heteroatoms. The average Bonchev–Trinajstić information content (AvgIpc) is 2.38. The van der Waals surface area contributed by atoms with Gasteiger partial charge in [-0.25, -0.2) is 0 Å². The van der Waals surface area contributed by atoms with Gasteiger partial charge in [0.15, 0.2) is 11.5 Å². The Hall–Kier alpha value is -1.52. The summed E-state index contributed by atoms with van der Waals surface area (Å²) >= 11 is 0. The molecule has 0 amide bonds. The van der Waals surface area contributed by atoms with Crippen molar-refractivity contribution in [2.24, 2.45) is 0 Å². The fourth-order valence-corrected chi connectivity index (χ4v) is 3.05. The second-order valence-electron chi connectivity index (χ2n) is 5.72. The second-order valence-corrected chi connectivity index (χ2v) is 5.72. The second kappa shape index (κ2) is 5.11. The summed E-state index contributed by atoms with van der Waals surface area (Å²) in [7, 11) is 3.76. The Bertz CT molecular complexity index is 553. The minimum absolute atomic E-state index is 0.0246. The van der Waals surface area contributed by atoms with Gasteiger partial charge in [-0.3, -0.25) is 4.90 Å². The molecule has 2 heterocycles. The van der Waals surface area contributed by atoms with Gasteiger partial charge in [0.2, 0.25) is 0 Å². The molecule has 0 saturated carbocycles. The van der Waals surface area contributed by atoms with Crippen molar-refractivity contribution in [1.82, 2.24) is 4.90 Å². The van der Waals surface area contributed by atoms with Crippen molar-refractivity contribution in [3.05, 3.63) is 28.8 Å². The van der Waals surface area contributed by atoms with E-state index in [9.17, 15) is 5.11 Å². The van der Waals surface area contributed by atoms with Crippen LogP contribution in [-0.4, -0.2) is 42.9 Å². The molecule has 108 valence electrons. The maximum atomic E-state index is 10.0. The largest absolute Gasteiger partial charge is 0.493 e. The summed E-state index contributed by atoms with van der Waals surface area (Å²) in [5.74, 6) is 1.59. The molecular weight excluding hydrogens is 254 g/mol. The van der Waals surface area contributed by atoms with Gasteiger partial charge in [-0.05, 0) is 31.2 Å². The number of hydrogen-bond acceptors (Lipinski definition) is 4. The van der Waals surface area contributed by atoms with Crippen LogP contribution in [0.3, 0.4) is 0 Å². The summed E-state index contributed by atoms with van der Waals surface area (Å²) in [5.41, 5.74) is 3.47. The highest BCUT2D eigenvalue weighted by atomic mass is 16.5. The summed E-state index contributed by atoms with van der Waals surface area (Å²) in [6, 6.07) is 2.04. The van der Waals surface area contributed by atoms with Crippen molar-refractivity contribution < 1.29 is 14.6 Å². The highest BCUT2D eigenvalue weighted by Crippen LogP contribution is 2.40. The van der Waals surface area contributed by atoms with E-state index in [0.717, 1.165) is 30.2 Å². The van der Waals surface area contributed by atoms with Crippen LogP contribution in [0.5, 0.6) is 11.5 Å². The fourth-order valence-electron chi connectivity index (χ4n) is 3.05. The predicted octanol–water partition coefficient (Wildman–Crippen LogP) is 1.97. The number of ether oxygens (including phenoxy) is 2. The maximum Gasteiger partial charge on any atom is 0.169 e. The minimum atomic E-state index is -0.459. The molecule has 0 aromatic heterocycles. The Balaban J connectivity index is 2.24. The molecule has 2 unspecified atom stereocenters. The zero-order valence-corrected chi connectivity index (χ0v) is 12.2. The van der Waals surface area contributed by atoms with Crippen molar-refractivity contribution >= 4 is 6.08 Å². The Kier molecular flexibility index (Phi) is 3.44. The summed E-state index contributed by atoms with van der Waals surface area (Å²) in [6.07, 6.45) is 3.96. The minimum Gasteiger partial charge on any atom is -0.493 e. The van der Waals surface area contributed by atoms with Crippen LogP contribution in [0.4, 0.5) is 0 Å². The number of aliphatic hydroxyl groups is 1. The van der Waals surface area contributed by atoms with Crippen molar-refractivity contribution in [1.29, 1.82) is 0 Å². The van der Waals surface area contributed by atoms with Gasteiger partial charge in [0.05, 0.1) is 13.2 Å². The van der Waals surface area contributed by atoms with Crippen molar-refractivity contribution in [3.63, 3.8) is 0 Å². The molecule has 0 saturated heterocycles. The number of aryl methyl sites for hydroxylation is 1. The number of methoxy groups -OCH3 is 1. The lowest BCUT2D eigenvalue weighted by molar-refractivity contribution is 0.0843. The number of nitrogens with zero attached hydrogens (tertiary/aromatic N) is 1. The van der Waals surface area contributed by atoms with Gasteiger partial charge >= 0.3 is 0 Å². The monoisotopic (exact) mass is 275 g/mol. The molecule has 3 rings (SSSR count). The molecule has 4 bridgehead atoms. The van der Waals surface area contributed by atoms with E-state index in [1.165, 1.54) is 11.1 Å². The van der Waals surface area contributed by atoms with Gasteiger partial charge in [0, 0.05) is 25.1 Å². The standard InChI is InChI=1S/C16H21NO3/c1-10-6-15(19-3)16-13-5-4-11(18)7-12(20-16)8-17(2)9-14(10)13/h4-6,11-12,18H,7-9H2,1-3H3. The molecule has 20 heavy (non-hydrogen) atoms. The number of benzene rings is 1. The van der Waals surface area contributed by atoms with Gasteiger partial charge in [-0.1, -0.05) is 12.2 Å². The normalized spacial score (nSPS) is 25.4. The molecule has 0 spiro atoms. The van der Waals surface area contributed by atoms with E-state index in [2.05, 4.69) is 18.9 Å². The Morgan fingerprint density at radius 1 is 1.45 bits per heavy atom. The van der Waals surface area contributed by atoms with E-state index in [4.69, 9.17) is 9.47 Å². The quantitative estimate of drug-likeness (QED) is 0.851. The average molecular weight is 275 g/mol.